The van der Waals surface area contributed by atoms with Crippen molar-refractivity contribution in [3.63, 3.8) is 0 Å². The van der Waals surface area contributed by atoms with Crippen LogP contribution in [-0.2, 0) is 11.4 Å². The van der Waals surface area contributed by atoms with Crippen LogP contribution in [0.25, 0.3) is 0 Å². The zero-order chi connectivity index (χ0) is 20.8. The van der Waals surface area contributed by atoms with Crippen LogP contribution < -0.4 is 15.8 Å². The summed E-state index contributed by atoms with van der Waals surface area (Å²) in [4.78, 5) is 29.8. The minimum absolute atomic E-state index is 0.0965. The number of likely N-dealkylation sites (tertiary alicyclic amines) is 1. The second-order valence-corrected chi connectivity index (χ2v) is 7.50. The summed E-state index contributed by atoms with van der Waals surface area (Å²) in [5.41, 5.74) is 6.82. The predicted octanol–water partition coefficient (Wildman–Crippen LogP) is 3.29. The molecule has 0 bridgehead atoms. The third-order valence-corrected chi connectivity index (χ3v) is 5.35. The molecule has 0 aliphatic carbocycles. The van der Waals surface area contributed by atoms with Crippen molar-refractivity contribution in [3.05, 3.63) is 51.6 Å². The third-order valence-electron chi connectivity index (χ3n) is 4.64. The third kappa shape index (κ3) is 5.52. The molecule has 0 radical (unpaired) electrons. The van der Waals surface area contributed by atoms with Crippen LogP contribution in [0, 0.1) is 0 Å². The topological polar surface area (TPSA) is 97.5 Å². The van der Waals surface area contributed by atoms with Crippen molar-refractivity contribution in [3.8, 4) is 5.75 Å². The first kappa shape index (κ1) is 21.2. The molecule has 1 aromatic heterocycles. The molecule has 3 N–H and O–H groups in total. The van der Waals surface area contributed by atoms with Crippen molar-refractivity contribution < 1.29 is 14.3 Å². The molecule has 29 heavy (non-hydrogen) atoms. The summed E-state index contributed by atoms with van der Waals surface area (Å²) >= 11 is 12.3. The highest BCUT2D eigenvalue weighted by atomic mass is 35.5. The van der Waals surface area contributed by atoms with Gasteiger partial charge in [-0.05, 0) is 31.0 Å². The van der Waals surface area contributed by atoms with Gasteiger partial charge in [0, 0.05) is 47.9 Å². The lowest BCUT2D eigenvalue weighted by molar-refractivity contribution is -0.127. The number of halogens is 2. The van der Waals surface area contributed by atoms with Gasteiger partial charge in [-0.2, -0.15) is 0 Å². The van der Waals surface area contributed by atoms with E-state index in [0.29, 0.717) is 47.1 Å². The second kappa shape index (κ2) is 9.80. The zero-order valence-electron chi connectivity index (χ0n) is 15.8. The van der Waals surface area contributed by atoms with E-state index >= 15 is 0 Å². The number of anilines is 1. The first-order valence-corrected chi connectivity index (χ1v) is 10.1. The Hall–Kier alpha value is -2.51. The van der Waals surface area contributed by atoms with Crippen molar-refractivity contribution in [2.75, 3.05) is 25.4 Å². The number of rotatable bonds is 8. The largest absolute Gasteiger partial charge is 0.485 e. The van der Waals surface area contributed by atoms with Crippen LogP contribution in [-0.4, -0.2) is 41.3 Å². The molecular formula is C20H22Cl2N4O3. The second-order valence-electron chi connectivity index (χ2n) is 6.69. The lowest BCUT2D eigenvalue weighted by atomic mass is 10.2. The summed E-state index contributed by atoms with van der Waals surface area (Å²) in [7, 11) is 0. The molecule has 9 heteroatoms. The van der Waals surface area contributed by atoms with Gasteiger partial charge in [-0.15, -0.1) is 0 Å². The summed E-state index contributed by atoms with van der Waals surface area (Å²) in [6, 6.07) is 6.71. The first-order valence-electron chi connectivity index (χ1n) is 9.33. The summed E-state index contributed by atoms with van der Waals surface area (Å²) in [6.45, 7) is 1.99. The van der Waals surface area contributed by atoms with Crippen molar-refractivity contribution in [2.45, 2.75) is 25.9 Å². The Balaban J connectivity index is 1.55. The Labute approximate surface area is 179 Å². The van der Waals surface area contributed by atoms with Gasteiger partial charge in [0.05, 0.1) is 5.56 Å². The molecule has 1 aliphatic heterocycles. The van der Waals surface area contributed by atoms with Gasteiger partial charge >= 0.3 is 0 Å². The maximum atomic E-state index is 12.4. The molecule has 1 aromatic carbocycles. The standard InChI is InChI=1S/C20H22Cl2N4O3/c21-15-4-1-5-16(22)14(15)12-29-17-10-13(11-25-19(17)23)20(28)24-7-3-9-26-8-2-6-18(26)27/h1,4-5,10-11H,2-3,6-9,12H2,(H2,23,25)(H,24,28). The lowest BCUT2D eigenvalue weighted by Gasteiger charge is -2.15. The van der Waals surface area contributed by atoms with Gasteiger partial charge in [0.15, 0.2) is 11.6 Å². The number of pyridine rings is 1. The number of carbonyl (C=O) groups is 2. The smallest absolute Gasteiger partial charge is 0.252 e. The van der Waals surface area contributed by atoms with E-state index in [4.69, 9.17) is 33.7 Å². The number of nitrogens with zero attached hydrogens (tertiary/aromatic N) is 2. The van der Waals surface area contributed by atoms with Crippen molar-refractivity contribution >= 4 is 40.8 Å². The van der Waals surface area contributed by atoms with Crippen LogP contribution in [0.5, 0.6) is 5.75 Å². The Bertz CT molecular complexity index is 887. The fraction of sp³-hybridized carbons (Fsp3) is 0.350. The molecule has 1 saturated heterocycles. The van der Waals surface area contributed by atoms with E-state index in [0.717, 1.165) is 13.0 Å². The van der Waals surface area contributed by atoms with Crippen molar-refractivity contribution in [1.29, 1.82) is 0 Å². The predicted molar refractivity (Wildman–Crippen MR) is 112 cm³/mol. The number of nitrogens with two attached hydrogens (primary N) is 1. The SMILES string of the molecule is Nc1ncc(C(=O)NCCCN2CCCC2=O)cc1OCc1c(Cl)cccc1Cl. The number of nitrogens with one attached hydrogen (secondary N) is 1. The molecule has 1 fully saturated rings. The number of hydrogen-bond donors (Lipinski definition) is 2. The van der Waals surface area contributed by atoms with Gasteiger partial charge in [-0.3, -0.25) is 9.59 Å². The molecule has 2 aromatic rings. The van der Waals surface area contributed by atoms with Crippen LogP contribution in [0.3, 0.4) is 0 Å². The van der Waals surface area contributed by atoms with Gasteiger partial charge in [-0.25, -0.2) is 4.98 Å². The number of carbonyl (C=O) groups excluding carboxylic acids is 2. The van der Waals surface area contributed by atoms with Crippen LogP contribution in [0.2, 0.25) is 10.0 Å². The van der Waals surface area contributed by atoms with Crippen LogP contribution in [0.15, 0.2) is 30.5 Å². The fourth-order valence-electron chi connectivity index (χ4n) is 3.03. The highest BCUT2D eigenvalue weighted by Crippen LogP contribution is 2.27. The number of benzene rings is 1. The normalized spacial score (nSPS) is 13.6. The molecular weight excluding hydrogens is 415 g/mol. The molecule has 154 valence electrons. The molecule has 3 rings (SSSR count). The van der Waals surface area contributed by atoms with Crippen LogP contribution in [0.1, 0.15) is 35.2 Å². The van der Waals surface area contributed by atoms with Crippen LogP contribution >= 0.6 is 23.2 Å². The van der Waals surface area contributed by atoms with E-state index in [2.05, 4.69) is 10.3 Å². The van der Waals surface area contributed by atoms with Gasteiger partial charge in [0.2, 0.25) is 5.91 Å². The Morgan fingerprint density at radius 2 is 2.07 bits per heavy atom. The summed E-state index contributed by atoms with van der Waals surface area (Å²) < 4.78 is 5.70. The monoisotopic (exact) mass is 436 g/mol. The molecule has 0 atom stereocenters. The molecule has 2 heterocycles. The van der Waals surface area contributed by atoms with Crippen LogP contribution in [0.4, 0.5) is 5.82 Å². The molecule has 1 aliphatic rings. The number of ether oxygens (including phenoxy) is 1. The number of hydrogen-bond acceptors (Lipinski definition) is 5. The minimum Gasteiger partial charge on any atom is -0.485 e. The fourth-order valence-corrected chi connectivity index (χ4v) is 3.54. The first-order chi connectivity index (χ1) is 14.0. The Morgan fingerprint density at radius 1 is 1.31 bits per heavy atom. The maximum Gasteiger partial charge on any atom is 0.252 e. The summed E-state index contributed by atoms with van der Waals surface area (Å²) in [6.07, 6.45) is 3.61. The average molecular weight is 437 g/mol. The van der Waals surface area contributed by atoms with E-state index in [1.54, 1.807) is 18.2 Å². The lowest BCUT2D eigenvalue weighted by Crippen LogP contribution is -2.30. The highest BCUT2D eigenvalue weighted by molar-refractivity contribution is 6.35. The number of aromatic nitrogens is 1. The maximum absolute atomic E-state index is 12.4. The molecule has 2 amide bonds. The van der Waals surface area contributed by atoms with Gasteiger partial charge in [0.25, 0.3) is 5.91 Å². The average Bonchev–Trinajstić information content (AvgIpc) is 3.10. The van der Waals surface area contributed by atoms with Gasteiger partial charge < -0.3 is 20.7 Å². The number of nitrogen functional groups attached to an aromatic ring is 1. The number of amides is 2. The van der Waals surface area contributed by atoms with Crippen molar-refractivity contribution in [1.82, 2.24) is 15.2 Å². The zero-order valence-corrected chi connectivity index (χ0v) is 17.3. The minimum atomic E-state index is -0.286. The summed E-state index contributed by atoms with van der Waals surface area (Å²) in [5.74, 6) is 0.332. The van der Waals surface area contributed by atoms with E-state index in [1.807, 2.05) is 4.90 Å². The van der Waals surface area contributed by atoms with E-state index in [1.165, 1.54) is 12.3 Å². The highest BCUT2D eigenvalue weighted by Gasteiger charge is 2.19. The molecule has 0 saturated carbocycles. The van der Waals surface area contributed by atoms with Gasteiger partial charge in [0.1, 0.15) is 6.61 Å². The molecule has 7 nitrogen and oxygen atoms in total. The molecule has 0 spiro atoms. The van der Waals surface area contributed by atoms with E-state index in [-0.39, 0.29) is 30.0 Å². The van der Waals surface area contributed by atoms with E-state index in [9.17, 15) is 9.59 Å². The summed E-state index contributed by atoms with van der Waals surface area (Å²) in [5, 5.41) is 3.78. The Morgan fingerprint density at radius 3 is 2.76 bits per heavy atom. The Kier molecular flexibility index (Phi) is 7.17. The van der Waals surface area contributed by atoms with E-state index < -0.39 is 0 Å². The quantitative estimate of drug-likeness (QED) is 0.618. The van der Waals surface area contributed by atoms with Gasteiger partial charge in [-0.1, -0.05) is 29.3 Å². The molecule has 0 unspecified atom stereocenters. The van der Waals surface area contributed by atoms with Crippen molar-refractivity contribution in [2.24, 2.45) is 0 Å².